The van der Waals surface area contributed by atoms with Gasteiger partial charge in [-0.3, -0.25) is 13.9 Å². The highest BCUT2D eigenvalue weighted by Gasteiger charge is 2.28. The highest BCUT2D eigenvalue weighted by atomic mass is 16.3. The molecule has 0 spiro atoms. The normalized spacial score (nSPS) is 16.3. The van der Waals surface area contributed by atoms with Gasteiger partial charge in [-0.25, -0.2) is 4.79 Å². The number of aliphatic hydroxyl groups is 1. The number of piperidine rings is 1. The van der Waals surface area contributed by atoms with Crippen LogP contribution in [0.15, 0.2) is 59.4 Å². The number of hydrogen-bond donors (Lipinski definition) is 1. The first-order chi connectivity index (χ1) is 14.1. The third-order valence-corrected chi connectivity index (χ3v) is 6.01. The van der Waals surface area contributed by atoms with E-state index in [1.807, 2.05) is 66.4 Å². The summed E-state index contributed by atoms with van der Waals surface area (Å²) in [5.41, 5.74) is 2.44. The third kappa shape index (κ3) is 3.72. The summed E-state index contributed by atoms with van der Waals surface area (Å²) < 4.78 is 3.27. The van der Waals surface area contributed by atoms with Crippen LogP contribution in [0.4, 0.5) is 0 Å². The molecular weight excluding hydrogens is 366 g/mol. The van der Waals surface area contributed by atoms with Crippen molar-refractivity contribution in [1.29, 1.82) is 0 Å². The van der Waals surface area contributed by atoms with Gasteiger partial charge in [-0.2, -0.15) is 0 Å². The van der Waals surface area contributed by atoms with Gasteiger partial charge in [0.1, 0.15) is 6.54 Å². The van der Waals surface area contributed by atoms with Crippen LogP contribution in [0.2, 0.25) is 0 Å². The van der Waals surface area contributed by atoms with Crippen LogP contribution >= 0.6 is 0 Å². The summed E-state index contributed by atoms with van der Waals surface area (Å²) in [6, 6.07) is 17.3. The Morgan fingerprint density at radius 1 is 1.00 bits per heavy atom. The Labute approximate surface area is 170 Å². The van der Waals surface area contributed by atoms with Crippen LogP contribution < -0.4 is 5.69 Å². The number of benzene rings is 2. The predicted octanol–water partition coefficient (Wildman–Crippen LogP) is 2.80. The molecule has 1 aliphatic heterocycles. The number of aryl methyl sites for hydroxylation is 1. The largest absolute Gasteiger partial charge is 0.388 e. The Morgan fingerprint density at radius 3 is 2.21 bits per heavy atom. The molecule has 1 N–H and O–H groups in total. The number of carbonyl (C=O) groups excluding carboxylic acids is 1. The van der Waals surface area contributed by atoms with Crippen molar-refractivity contribution >= 4 is 16.9 Å². The number of carbonyl (C=O) groups is 1. The van der Waals surface area contributed by atoms with Crippen LogP contribution in [0.3, 0.4) is 0 Å². The number of rotatable bonds is 5. The Hall–Kier alpha value is -2.86. The lowest BCUT2D eigenvalue weighted by atomic mass is 9.87. The third-order valence-electron chi connectivity index (χ3n) is 6.01. The van der Waals surface area contributed by atoms with Crippen molar-refractivity contribution in [1.82, 2.24) is 14.0 Å². The standard InChI is InChI=1S/C23H27N3O3/c1-2-25-19-10-6-7-11-20(19)26(23(25)29)16-21(27)24-14-12-18(13-15-24)22(28)17-8-4-3-5-9-17/h3-11,18,22,28H,2,12-16H2,1H3/t22-/m1/s1. The van der Waals surface area contributed by atoms with Gasteiger partial charge in [0.2, 0.25) is 5.91 Å². The molecule has 1 saturated heterocycles. The number of fused-ring (bicyclic) bond motifs is 1. The van der Waals surface area contributed by atoms with Crippen molar-refractivity contribution in [3.63, 3.8) is 0 Å². The van der Waals surface area contributed by atoms with E-state index in [4.69, 9.17) is 0 Å². The fourth-order valence-electron chi connectivity index (χ4n) is 4.35. The lowest BCUT2D eigenvalue weighted by molar-refractivity contribution is -0.133. The Kier molecular flexibility index (Phi) is 5.53. The van der Waals surface area contributed by atoms with Crippen molar-refractivity contribution in [2.24, 2.45) is 5.92 Å². The molecule has 152 valence electrons. The van der Waals surface area contributed by atoms with Gasteiger partial charge in [0.05, 0.1) is 17.1 Å². The molecule has 29 heavy (non-hydrogen) atoms. The minimum Gasteiger partial charge on any atom is -0.388 e. The topological polar surface area (TPSA) is 67.5 Å². The average molecular weight is 393 g/mol. The first kappa shape index (κ1) is 19.5. The van der Waals surface area contributed by atoms with Gasteiger partial charge in [-0.15, -0.1) is 0 Å². The van der Waals surface area contributed by atoms with Gasteiger partial charge in [0.25, 0.3) is 0 Å². The molecule has 0 radical (unpaired) electrons. The summed E-state index contributed by atoms with van der Waals surface area (Å²) >= 11 is 0. The molecule has 1 fully saturated rings. The highest BCUT2D eigenvalue weighted by Crippen LogP contribution is 2.30. The Morgan fingerprint density at radius 2 is 1.59 bits per heavy atom. The molecule has 0 bridgehead atoms. The van der Waals surface area contributed by atoms with E-state index < -0.39 is 6.10 Å². The zero-order valence-electron chi connectivity index (χ0n) is 16.7. The van der Waals surface area contributed by atoms with Crippen molar-refractivity contribution in [2.45, 2.75) is 39.0 Å². The minimum atomic E-state index is -0.501. The molecule has 1 aromatic heterocycles. The van der Waals surface area contributed by atoms with E-state index in [1.54, 1.807) is 9.13 Å². The maximum atomic E-state index is 12.9. The van der Waals surface area contributed by atoms with Crippen molar-refractivity contribution in [2.75, 3.05) is 13.1 Å². The Bertz CT molecular complexity index is 1050. The maximum Gasteiger partial charge on any atom is 0.329 e. The number of imidazole rings is 1. The predicted molar refractivity (Wildman–Crippen MR) is 113 cm³/mol. The lowest BCUT2D eigenvalue weighted by Crippen LogP contribution is -2.42. The van der Waals surface area contributed by atoms with Crippen molar-refractivity contribution in [3.05, 3.63) is 70.6 Å². The molecule has 1 amide bonds. The van der Waals surface area contributed by atoms with E-state index in [2.05, 4.69) is 0 Å². The van der Waals surface area contributed by atoms with E-state index in [9.17, 15) is 14.7 Å². The summed E-state index contributed by atoms with van der Waals surface area (Å²) in [4.78, 5) is 27.5. The van der Waals surface area contributed by atoms with Crippen LogP contribution in [0.25, 0.3) is 11.0 Å². The smallest absolute Gasteiger partial charge is 0.329 e. The molecule has 3 aromatic rings. The molecule has 0 saturated carbocycles. The fraction of sp³-hybridized carbons (Fsp3) is 0.391. The minimum absolute atomic E-state index is 0.0428. The molecular formula is C23H27N3O3. The Balaban J connectivity index is 1.44. The second-order valence-electron chi connectivity index (χ2n) is 7.68. The zero-order valence-corrected chi connectivity index (χ0v) is 16.7. The van der Waals surface area contributed by atoms with Gasteiger partial charge in [-0.1, -0.05) is 42.5 Å². The van der Waals surface area contributed by atoms with Gasteiger partial charge >= 0.3 is 5.69 Å². The quantitative estimate of drug-likeness (QED) is 0.725. The molecule has 0 aliphatic carbocycles. The number of amides is 1. The molecule has 2 aromatic carbocycles. The monoisotopic (exact) mass is 393 g/mol. The van der Waals surface area contributed by atoms with Crippen molar-refractivity contribution < 1.29 is 9.90 Å². The van der Waals surface area contributed by atoms with Crippen molar-refractivity contribution in [3.8, 4) is 0 Å². The summed E-state index contributed by atoms with van der Waals surface area (Å²) in [5.74, 6) is 0.102. The number of para-hydroxylation sites is 2. The highest BCUT2D eigenvalue weighted by molar-refractivity contribution is 5.81. The molecule has 1 atom stereocenters. The van der Waals surface area contributed by atoms with Crippen LogP contribution in [0.1, 0.15) is 31.4 Å². The molecule has 6 nitrogen and oxygen atoms in total. The first-order valence-electron chi connectivity index (χ1n) is 10.3. The van der Waals surface area contributed by atoms with Gasteiger partial charge in [0, 0.05) is 19.6 Å². The van der Waals surface area contributed by atoms with Crippen LogP contribution in [0.5, 0.6) is 0 Å². The zero-order chi connectivity index (χ0) is 20.4. The molecule has 4 rings (SSSR count). The lowest BCUT2D eigenvalue weighted by Gasteiger charge is -2.34. The number of hydrogen-bond acceptors (Lipinski definition) is 3. The molecule has 6 heteroatoms. The van der Waals surface area contributed by atoms with E-state index >= 15 is 0 Å². The average Bonchev–Trinajstić information content (AvgIpc) is 3.04. The summed E-state index contributed by atoms with van der Waals surface area (Å²) in [5, 5.41) is 10.6. The van der Waals surface area contributed by atoms with Crippen LogP contribution in [-0.2, 0) is 17.9 Å². The summed E-state index contributed by atoms with van der Waals surface area (Å²) in [7, 11) is 0. The summed E-state index contributed by atoms with van der Waals surface area (Å²) in [6.07, 6.45) is 1.01. The first-order valence-corrected chi connectivity index (χ1v) is 10.3. The number of aromatic nitrogens is 2. The van der Waals surface area contributed by atoms with Gasteiger partial charge in [-0.05, 0) is 43.4 Å². The fourth-order valence-corrected chi connectivity index (χ4v) is 4.35. The van der Waals surface area contributed by atoms with E-state index in [0.29, 0.717) is 19.6 Å². The second kappa shape index (κ2) is 8.25. The number of nitrogens with zero attached hydrogens (tertiary/aromatic N) is 3. The van der Waals surface area contributed by atoms with Gasteiger partial charge in [0.15, 0.2) is 0 Å². The van der Waals surface area contributed by atoms with E-state index in [1.165, 1.54) is 0 Å². The SMILES string of the molecule is CCn1c(=O)n(CC(=O)N2CCC([C@H](O)c3ccccc3)CC2)c2ccccc21. The molecule has 0 unspecified atom stereocenters. The maximum absolute atomic E-state index is 12.9. The molecule has 2 heterocycles. The van der Waals surface area contributed by atoms with E-state index in [0.717, 1.165) is 29.4 Å². The van der Waals surface area contributed by atoms with Gasteiger partial charge < -0.3 is 10.0 Å². The number of aliphatic hydroxyl groups excluding tert-OH is 1. The molecule has 1 aliphatic rings. The van der Waals surface area contributed by atoms with Crippen LogP contribution in [-0.4, -0.2) is 38.1 Å². The van der Waals surface area contributed by atoms with Crippen LogP contribution in [0, 0.1) is 5.92 Å². The van der Waals surface area contributed by atoms with E-state index in [-0.39, 0.29) is 24.1 Å². The summed E-state index contributed by atoms with van der Waals surface area (Å²) in [6.45, 7) is 3.77. The second-order valence-corrected chi connectivity index (χ2v) is 7.68. The number of likely N-dealkylation sites (tertiary alicyclic amines) is 1.